The normalized spacial score (nSPS) is 10.1. The van der Waals surface area contributed by atoms with Gasteiger partial charge in [-0.1, -0.05) is 0 Å². The number of nitrogens with zero attached hydrogens (tertiary/aromatic N) is 3. The van der Waals surface area contributed by atoms with Crippen molar-refractivity contribution in [3.05, 3.63) is 12.7 Å². The van der Waals surface area contributed by atoms with Crippen LogP contribution in [0.15, 0.2) is 12.7 Å². The summed E-state index contributed by atoms with van der Waals surface area (Å²) in [6.07, 6.45) is 4.28. The summed E-state index contributed by atoms with van der Waals surface area (Å²) in [6, 6.07) is 0. The summed E-state index contributed by atoms with van der Waals surface area (Å²) in [5.41, 5.74) is 5.29. The fourth-order valence-electron chi connectivity index (χ4n) is 0.983. The molecule has 1 rings (SSSR count). The fraction of sp³-hybridized carbons (Fsp3) is 0.625. The molecule has 1 aromatic rings. The third kappa shape index (κ3) is 3.99. The van der Waals surface area contributed by atoms with Crippen LogP contribution in [0.25, 0.3) is 0 Å². The molecule has 0 radical (unpaired) electrons. The zero-order valence-electron chi connectivity index (χ0n) is 8.02. The Kier molecular flexibility index (Phi) is 4.63. The van der Waals surface area contributed by atoms with Crippen molar-refractivity contribution < 1.29 is 4.79 Å². The first kappa shape index (κ1) is 10.6. The Hall–Kier alpha value is -1.43. The van der Waals surface area contributed by atoms with E-state index in [1.165, 1.54) is 6.33 Å². The average Bonchev–Trinajstić information content (AvgIpc) is 2.68. The minimum absolute atomic E-state index is 0.0222. The molecule has 6 heteroatoms. The molecular formula is C8H15N5O. The molecule has 0 fully saturated rings. The van der Waals surface area contributed by atoms with Crippen molar-refractivity contribution in [2.24, 2.45) is 5.73 Å². The zero-order chi connectivity index (χ0) is 10.2. The predicted octanol–water partition coefficient (Wildman–Crippen LogP) is -0.867. The summed E-state index contributed by atoms with van der Waals surface area (Å²) in [5.74, 6) is 0.0222. The SMILES string of the molecule is NCCCNC(=O)CCn1cncn1. The number of aromatic nitrogens is 3. The van der Waals surface area contributed by atoms with Gasteiger partial charge in [-0.05, 0) is 13.0 Å². The first-order valence-corrected chi connectivity index (χ1v) is 4.62. The molecule has 0 aliphatic rings. The third-order valence-electron chi connectivity index (χ3n) is 1.74. The molecule has 0 saturated carbocycles. The Morgan fingerprint density at radius 1 is 1.57 bits per heavy atom. The maximum absolute atomic E-state index is 11.2. The quantitative estimate of drug-likeness (QED) is 0.581. The van der Waals surface area contributed by atoms with E-state index in [1.807, 2.05) is 0 Å². The summed E-state index contributed by atoms with van der Waals surface area (Å²) >= 11 is 0. The van der Waals surface area contributed by atoms with Crippen LogP contribution in [0.1, 0.15) is 12.8 Å². The van der Waals surface area contributed by atoms with E-state index in [0.717, 1.165) is 6.42 Å². The molecule has 14 heavy (non-hydrogen) atoms. The van der Waals surface area contributed by atoms with Crippen molar-refractivity contribution in [3.8, 4) is 0 Å². The standard InChI is InChI=1S/C8H15N5O/c9-3-1-4-11-8(14)2-5-13-7-10-6-12-13/h6-7H,1-5,9H2,(H,11,14). The van der Waals surface area contributed by atoms with Gasteiger partial charge in [0.25, 0.3) is 0 Å². The van der Waals surface area contributed by atoms with Gasteiger partial charge in [-0.15, -0.1) is 0 Å². The summed E-state index contributed by atoms with van der Waals surface area (Å²) < 4.78 is 1.63. The van der Waals surface area contributed by atoms with Gasteiger partial charge in [-0.2, -0.15) is 5.10 Å². The van der Waals surface area contributed by atoms with E-state index >= 15 is 0 Å². The first-order valence-electron chi connectivity index (χ1n) is 4.62. The maximum atomic E-state index is 11.2. The Morgan fingerprint density at radius 2 is 2.43 bits per heavy atom. The van der Waals surface area contributed by atoms with Gasteiger partial charge in [-0.25, -0.2) is 4.98 Å². The van der Waals surface area contributed by atoms with Crippen LogP contribution in [0.2, 0.25) is 0 Å². The molecule has 1 aromatic heterocycles. The molecular weight excluding hydrogens is 182 g/mol. The van der Waals surface area contributed by atoms with Crippen molar-refractivity contribution in [2.75, 3.05) is 13.1 Å². The lowest BCUT2D eigenvalue weighted by atomic mass is 10.3. The Labute approximate surface area is 82.5 Å². The van der Waals surface area contributed by atoms with E-state index in [1.54, 1.807) is 11.0 Å². The molecule has 0 aromatic carbocycles. The minimum atomic E-state index is 0.0222. The lowest BCUT2D eigenvalue weighted by Crippen LogP contribution is -2.26. The Morgan fingerprint density at radius 3 is 3.07 bits per heavy atom. The van der Waals surface area contributed by atoms with Gasteiger partial charge >= 0.3 is 0 Å². The highest BCUT2D eigenvalue weighted by atomic mass is 16.1. The van der Waals surface area contributed by atoms with Gasteiger partial charge in [0.05, 0.1) is 6.54 Å². The molecule has 0 aliphatic carbocycles. The summed E-state index contributed by atoms with van der Waals surface area (Å²) in [7, 11) is 0. The van der Waals surface area contributed by atoms with E-state index in [2.05, 4.69) is 15.4 Å². The molecule has 0 bridgehead atoms. The van der Waals surface area contributed by atoms with Crippen molar-refractivity contribution >= 4 is 5.91 Å². The van der Waals surface area contributed by atoms with Crippen LogP contribution in [0, 0.1) is 0 Å². The molecule has 0 unspecified atom stereocenters. The lowest BCUT2D eigenvalue weighted by molar-refractivity contribution is -0.121. The van der Waals surface area contributed by atoms with Crippen molar-refractivity contribution in [1.82, 2.24) is 20.1 Å². The average molecular weight is 197 g/mol. The van der Waals surface area contributed by atoms with Crippen LogP contribution >= 0.6 is 0 Å². The molecule has 0 atom stereocenters. The molecule has 0 spiro atoms. The molecule has 1 amide bonds. The smallest absolute Gasteiger partial charge is 0.221 e. The van der Waals surface area contributed by atoms with Gasteiger partial charge in [-0.3, -0.25) is 9.48 Å². The summed E-state index contributed by atoms with van der Waals surface area (Å²) in [4.78, 5) is 15.0. The highest BCUT2D eigenvalue weighted by Crippen LogP contribution is 1.87. The fourth-order valence-corrected chi connectivity index (χ4v) is 0.983. The van der Waals surface area contributed by atoms with Gasteiger partial charge in [0.1, 0.15) is 12.7 Å². The van der Waals surface area contributed by atoms with E-state index in [9.17, 15) is 4.79 Å². The number of carbonyl (C=O) groups is 1. The number of rotatable bonds is 6. The van der Waals surface area contributed by atoms with E-state index in [4.69, 9.17) is 5.73 Å². The second kappa shape index (κ2) is 6.09. The molecule has 0 aliphatic heterocycles. The van der Waals surface area contributed by atoms with Gasteiger partial charge in [0.15, 0.2) is 0 Å². The number of amides is 1. The van der Waals surface area contributed by atoms with E-state index in [-0.39, 0.29) is 5.91 Å². The maximum Gasteiger partial charge on any atom is 0.221 e. The van der Waals surface area contributed by atoms with Crippen LogP contribution < -0.4 is 11.1 Å². The van der Waals surface area contributed by atoms with Crippen molar-refractivity contribution in [3.63, 3.8) is 0 Å². The Balaban J connectivity index is 2.09. The molecule has 1 heterocycles. The number of hydrogen-bond acceptors (Lipinski definition) is 4. The monoisotopic (exact) mass is 197 g/mol. The number of nitrogens with two attached hydrogens (primary N) is 1. The molecule has 3 N–H and O–H groups in total. The van der Waals surface area contributed by atoms with Crippen molar-refractivity contribution in [2.45, 2.75) is 19.4 Å². The van der Waals surface area contributed by atoms with E-state index < -0.39 is 0 Å². The predicted molar refractivity (Wildman–Crippen MR) is 51.3 cm³/mol. The Bertz CT molecular complexity index is 259. The van der Waals surface area contributed by atoms with Crippen molar-refractivity contribution in [1.29, 1.82) is 0 Å². The first-order chi connectivity index (χ1) is 6.83. The largest absolute Gasteiger partial charge is 0.356 e. The molecule has 78 valence electrons. The second-order valence-electron chi connectivity index (χ2n) is 2.90. The van der Waals surface area contributed by atoms with Crippen LogP contribution in [0.4, 0.5) is 0 Å². The van der Waals surface area contributed by atoms with Crippen LogP contribution in [-0.4, -0.2) is 33.8 Å². The lowest BCUT2D eigenvalue weighted by Gasteiger charge is -2.03. The van der Waals surface area contributed by atoms with Crippen LogP contribution in [-0.2, 0) is 11.3 Å². The van der Waals surface area contributed by atoms with Gasteiger partial charge in [0.2, 0.25) is 5.91 Å². The second-order valence-corrected chi connectivity index (χ2v) is 2.90. The number of aryl methyl sites for hydroxylation is 1. The van der Waals surface area contributed by atoms with Gasteiger partial charge in [0, 0.05) is 13.0 Å². The van der Waals surface area contributed by atoms with Gasteiger partial charge < -0.3 is 11.1 Å². The number of nitrogens with one attached hydrogen (secondary N) is 1. The molecule has 6 nitrogen and oxygen atoms in total. The topological polar surface area (TPSA) is 85.8 Å². The summed E-state index contributed by atoms with van der Waals surface area (Å²) in [5, 5.41) is 6.66. The van der Waals surface area contributed by atoms with Crippen LogP contribution in [0.5, 0.6) is 0 Å². The minimum Gasteiger partial charge on any atom is -0.356 e. The number of carbonyl (C=O) groups excluding carboxylic acids is 1. The third-order valence-corrected chi connectivity index (χ3v) is 1.74. The molecule has 0 saturated heterocycles. The highest BCUT2D eigenvalue weighted by molar-refractivity contribution is 5.75. The van der Waals surface area contributed by atoms with E-state index in [0.29, 0.717) is 26.1 Å². The zero-order valence-corrected chi connectivity index (χ0v) is 8.02. The highest BCUT2D eigenvalue weighted by Gasteiger charge is 2.00. The van der Waals surface area contributed by atoms with Crippen LogP contribution in [0.3, 0.4) is 0 Å². The number of hydrogen-bond donors (Lipinski definition) is 2. The summed E-state index contributed by atoms with van der Waals surface area (Å²) in [6.45, 7) is 1.81.